The van der Waals surface area contributed by atoms with Crippen molar-refractivity contribution in [1.82, 2.24) is 4.57 Å². The van der Waals surface area contributed by atoms with Crippen molar-refractivity contribution >= 4 is 34.1 Å². The zero-order valence-corrected chi connectivity index (χ0v) is 14.4. The number of benzene rings is 3. The Morgan fingerprint density at radius 2 is 1.46 bits per heavy atom. The van der Waals surface area contributed by atoms with Crippen molar-refractivity contribution in [3.8, 4) is 11.3 Å². The van der Waals surface area contributed by atoms with Gasteiger partial charge in [-0.15, -0.1) is 0 Å². The van der Waals surface area contributed by atoms with Crippen LogP contribution in [0.4, 0.5) is 0 Å². The van der Waals surface area contributed by atoms with Gasteiger partial charge in [-0.1, -0.05) is 77.8 Å². The molecule has 0 radical (unpaired) electrons. The van der Waals surface area contributed by atoms with Gasteiger partial charge in [0.25, 0.3) is 0 Å². The summed E-state index contributed by atoms with van der Waals surface area (Å²) in [6, 6.07) is 26.9. The van der Waals surface area contributed by atoms with Crippen LogP contribution >= 0.6 is 23.2 Å². The molecule has 4 rings (SSSR count). The Kier molecular flexibility index (Phi) is 4.05. The number of rotatable bonds is 3. The van der Waals surface area contributed by atoms with E-state index < -0.39 is 0 Å². The van der Waals surface area contributed by atoms with Gasteiger partial charge in [0.05, 0.1) is 10.0 Å². The number of aromatic nitrogens is 1. The van der Waals surface area contributed by atoms with Crippen LogP contribution < -0.4 is 0 Å². The van der Waals surface area contributed by atoms with Crippen LogP contribution in [-0.4, -0.2) is 4.57 Å². The van der Waals surface area contributed by atoms with Crippen molar-refractivity contribution in [3.63, 3.8) is 0 Å². The number of hydrogen-bond acceptors (Lipinski definition) is 0. The van der Waals surface area contributed by atoms with Crippen molar-refractivity contribution in [2.24, 2.45) is 0 Å². The first-order chi connectivity index (χ1) is 11.7. The Balaban J connectivity index is 1.87. The van der Waals surface area contributed by atoms with E-state index in [2.05, 4.69) is 59.2 Å². The molecule has 0 aliphatic carbocycles. The molecule has 0 N–H and O–H groups in total. The van der Waals surface area contributed by atoms with Crippen molar-refractivity contribution in [3.05, 3.63) is 94.5 Å². The molecule has 0 amide bonds. The van der Waals surface area contributed by atoms with Gasteiger partial charge >= 0.3 is 0 Å². The largest absolute Gasteiger partial charge is 0.336 e. The van der Waals surface area contributed by atoms with Crippen LogP contribution in [0.1, 0.15) is 5.56 Å². The lowest BCUT2D eigenvalue weighted by atomic mass is 10.1. The minimum Gasteiger partial charge on any atom is -0.336 e. The molecule has 0 bridgehead atoms. The molecule has 1 heterocycles. The van der Waals surface area contributed by atoms with E-state index in [1.807, 2.05) is 24.3 Å². The first-order valence-corrected chi connectivity index (χ1v) is 8.55. The molecule has 3 heteroatoms. The Morgan fingerprint density at radius 1 is 0.708 bits per heavy atom. The van der Waals surface area contributed by atoms with E-state index in [0.717, 1.165) is 12.1 Å². The van der Waals surface area contributed by atoms with Crippen molar-refractivity contribution in [2.45, 2.75) is 6.54 Å². The highest BCUT2D eigenvalue weighted by Crippen LogP contribution is 2.30. The molecule has 0 fully saturated rings. The molecule has 4 aromatic rings. The van der Waals surface area contributed by atoms with Crippen molar-refractivity contribution < 1.29 is 0 Å². The van der Waals surface area contributed by atoms with E-state index in [1.54, 1.807) is 0 Å². The maximum atomic E-state index is 6.19. The van der Waals surface area contributed by atoms with Gasteiger partial charge in [0.15, 0.2) is 0 Å². The fourth-order valence-electron chi connectivity index (χ4n) is 3.05. The third-order valence-electron chi connectivity index (χ3n) is 4.20. The van der Waals surface area contributed by atoms with E-state index in [9.17, 15) is 0 Å². The molecule has 0 aliphatic heterocycles. The van der Waals surface area contributed by atoms with Crippen LogP contribution in [0.2, 0.25) is 10.0 Å². The highest BCUT2D eigenvalue weighted by molar-refractivity contribution is 6.42. The average Bonchev–Trinajstić information content (AvgIpc) is 2.98. The summed E-state index contributed by atoms with van der Waals surface area (Å²) in [6.07, 6.45) is 0. The molecule has 0 spiro atoms. The molecule has 1 nitrogen and oxygen atoms in total. The lowest BCUT2D eigenvalue weighted by Crippen LogP contribution is -2.01. The molecule has 0 atom stereocenters. The van der Waals surface area contributed by atoms with E-state index in [1.165, 1.54) is 22.2 Å². The molecule has 3 aromatic carbocycles. The molecule has 0 unspecified atom stereocenters. The second-order valence-electron chi connectivity index (χ2n) is 5.79. The summed E-state index contributed by atoms with van der Waals surface area (Å²) in [5.41, 5.74) is 4.74. The van der Waals surface area contributed by atoms with Crippen LogP contribution in [-0.2, 0) is 6.54 Å². The molecule has 118 valence electrons. The predicted molar refractivity (Wildman–Crippen MR) is 103 cm³/mol. The minimum atomic E-state index is 0.584. The molecule has 0 aliphatic rings. The summed E-state index contributed by atoms with van der Waals surface area (Å²) < 4.78 is 2.32. The maximum absolute atomic E-state index is 6.19. The van der Waals surface area contributed by atoms with Crippen LogP contribution in [0.5, 0.6) is 0 Å². The number of halogens is 2. The summed E-state index contributed by atoms with van der Waals surface area (Å²) in [6.45, 7) is 0.745. The first kappa shape index (κ1) is 15.3. The number of para-hydroxylation sites is 1. The normalized spacial score (nSPS) is 11.1. The second kappa shape index (κ2) is 6.35. The molecular formula is C21H15Cl2N. The zero-order chi connectivity index (χ0) is 16.5. The standard InChI is InChI=1S/C21H15Cl2N/c22-18-11-10-15(12-19(18)23)14-24-20-9-5-4-8-17(20)13-21(24)16-6-2-1-3-7-16/h1-13H,14H2. The zero-order valence-electron chi connectivity index (χ0n) is 12.9. The van der Waals surface area contributed by atoms with Gasteiger partial charge in [-0.05, 0) is 35.4 Å². The van der Waals surface area contributed by atoms with E-state index in [0.29, 0.717) is 10.0 Å². The van der Waals surface area contributed by atoms with Gasteiger partial charge in [-0.25, -0.2) is 0 Å². The molecule has 0 saturated carbocycles. The third kappa shape index (κ3) is 2.82. The van der Waals surface area contributed by atoms with Crippen LogP contribution in [0.3, 0.4) is 0 Å². The summed E-state index contributed by atoms with van der Waals surface area (Å²) in [7, 11) is 0. The fraction of sp³-hybridized carbons (Fsp3) is 0.0476. The fourth-order valence-corrected chi connectivity index (χ4v) is 3.37. The van der Waals surface area contributed by atoms with Crippen LogP contribution in [0.25, 0.3) is 22.2 Å². The highest BCUT2D eigenvalue weighted by atomic mass is 35.5. The third-order valence-corrected chi connectivity index (χ3v) is 4.94. The summed E-state index contributed by atoms with van der Waals surface area (Å²) in [5, 5.41) is 2.41. The van der Waals surface area contributed by atoms with Gasteiger partial charge in [0.2, 0.25) is 0 Å². The second-order valence-corrected chi connectivity index (χ2v) is 6.60. The summed E-state index contributed by atoms with van der Waals surface area (Å²) in [5.74, 6) is 0. The topological polar surface area (TPSA) is 4.93 Å². The van der Waals surface area contributed by atoms with Crippen LogP contribution in [0, 0.1) is 0 Å². The summed E-state index contributed by atoms with van der Waals surface area (Å²) >= 11 is 12.2. The Morgan fingerprint density at radius 3 is 2.25 bits per heavy atom. The van der Waals surface area contributed by atoms with Crippen molar-refractivity contribution in [2.75, 3.05) is 0 Å². The maximum Gasteiger partial charge on any atom is 0.0595 e. The lowest BCUT2D eigenvalue weighted by Gasteiger charge is -2.12. The van der Waals surface area contributed by atoms with Gasteiger partial charge in [-0.3, -0.25) is 0 Å². The van der Waals surface area contributed by atoms with Gasteiger partial charge < -0.3 is 4.57 Å². The molecule has 1 aromatic heterocycles. The molecule has 0 saturated heterocycles. The van der Waals surface area contributed by atoms with Gasteiger partial charge in [0.1, 0.15) is 0 Å². The van der Waals surface area contributed by atoms with E-state index in [-0.39, 0.29) is 0 Å². The highest BCUT2D eigenvalue weighted by Gasteiger charge is 2.11. The Bertz CT molecular complexity index is 1000. The minimum absolute atomic E-state index is 0.584. The van der Waals surface area contributed by atoms with E-state index >= 15 is 0 Å². The van der Waals surface area contributed by atoms with Gasteiger partial charge in [-0.2, -0.15) is 0 Å². The number of fused-ring (bicyclic) bond motifs is 1. The Labute approximate surface area is 151 Å². The Hall–Kier alpha value is -2.22. The first-order valence-electron chi connectivity index (χ1n) is 7.80. The predicted octanol–water partition coefficient (Wildman–Crippen LogP) is 6.66. The lowest BCUT2D eigenvalue weighted by molar-refractivity contribution is 0.845. The quantitative estimate of drug-likeness (QED) is 0.388. The monoisotopic (exact) mass is 351 g/mol. The SMILES string of the molecule is Clc1ccc(Cn2c(-c3ccccc3)cc3ccccc32)cc1Cl. The van der Waals surface area contributed by atoms with E-state index in [4.69, 9.17) is 23.2 Å². The van der Waals surface area contributed by atoms with Gasteiger partial charge in [0, 0.05) is 23.1 Å². The molecular weight excluding hydrogens is 337 g/mol. The average molecular weight is 352 g/mol. The summed E-state index contributed by atoms with van der Waals surface area (Å²) in [4.78, 5) is 0. The smallest absolute Gasteiger partial charge is 0.0595 e. The molecule has 24 heavy (non-hydrogen) atoms. The number of hydrogen-bond donors (Lipinski definition) is 0. The van der Waals surface area contributed by atoms with Crippen molar-refractivity contribution in [1.29, 1.82) is 0 Å². The van der Waals surface area contributed by atoms with Crippen LogP contribution in [0.15, 0.2) is 78.9 Å². The number of nitrogens with zero attached hydrogens (tertiary/aromatic N) is 1.